The minimum atomic E-state index is 0.312. The Kier molecular flexibility index (Phi) is 2.59. The first-order chi connectivity index (χ1) is 6.83. The second-order valence-electron chi connectivity index (χ2n) is 3.51. The zero-order valence-corrected chi connectivity index (χ0v) is 8.32. The Morgan fingerprint density at radius 3 is 2.93 bits per heavy atom. The fourth-order valence-corrected chi connectivity index (χ4v) is 1.61. The van der Waals surface area contributed by atoms with E-state index in [1.165, 1.54) is 0 Å². The number of fused-ring (bicyclic) bond motifs is 1. The quantitative estimate of drug-likeness (QED) is 0.774. The molecule has 1 atom stereocenters. The highest BCUT2D eigenvalue weighted by atomic mass is 16.6. The zero-order valence-electron chi connectivity index (χ0n) is 8.32. The fraction of sp³-hybridized carbons (Fsp3) is 0.455. The number of hydrogen-bond donors (Lipinski definition) is 1. The van der Waals surface area contributed by atoms with Gasteiger partial charge in [-0.2, -0.15) is 0 Å². The zero-order chi connectivity index (χ0) is 9.97. The van der Waals surface area contributed by atoms with Crippen LogP contribution in [0.1, 0.15) is 18.4 Å². The molecule has 0 unspecified atom stereocenters. The Morgan fingerprint density at radius 2 is 2.14 bits per heavy atom. The van der Waals surface area contributed by atoms with Crippen LogP contribution in [0.5, 0.6) is 11.5 Å². The van der Waals surface area contributed by atoms with E-state index in [2.05, 4.69) is 6.92 Å². The average molecular weight is 193 g/mol. The van der Waals surface area contributed by atoms with Gasteiger partial charge in [-0.1, -0.05) is 19.1 Å². The normalized spacial score (nSPS) is 16.4. The Balaban J connectivity index is 2.39. The lowest BCUT2D eigenvalue weighted by molar-refractivity contribution is 0.169. The predicted molar refractivity (Wildman–Crippen MR) is 54.9 cm³/mol. The fourth-order valence-electron chi connectivity index (χ4n) is 1.61. The second-order valence-corrected chi connectivity index (χ2v) is 3.51. The molecule has 1 aromatic rings. The monoisotopic (exact) mass is 193 g/mol. The van der Waals surface area contributed by atoms with E-state index in [4.69, 9.17) is 15.2 Å². The van der Waals surface area contributed by atoms with E-state index in [9.17, 15) is 0 Å². The number of hydrogen-bond acceptors (Lipinski definition) is 3. The first-order valence-electron chi connectivity index (χ1n) is 4.91. The number of benzene rings is 1. The molecule has 3 heteroatoms. The first-order valence-corrected chi connectivity index (χ1v) is 4.91. The van der Waals surface area contributed by atoms with E-state index in [1.54, 1.807) is 0 Å². The van der Waals surface area contributed by atoms with Gasteiger partial charge >= 0.3 is 0 Å². The number of ether oxygens (including phenoxy) is 2. The van der Waals surface area contributed by atoms with Crippen LogP contribution in [0.15, 0.2) is 18.2 Å². The third kappa shape index (κ3) is 1.55. The van der Waals surface area contributed by atoms with Crippen molar-refractivity contribution in [3.63, 3.8) is 0 Å². The van der Waals surface area contributed by atoms with Gasteiger partial charge in [0.05, 0.1) is 0 Å². The van der Waals surface area contributed by atoms with E-state index in [-0.39, 0.29) is 0 Å². The minimum Gasteiger partial charge on any atom is -0.486 e. The largest absolute Gasteiger partial charge is 0.486 e. The Hall–Kier alpha value is -1.22. The second kappa shape index (κ2) is 3.88. The van der Waals surface area contributed by atoms with Crippen LogP contribution in [-0.4, -0.2) is 19.8 Å². The van der Waals surface area contributed by atoms with E-state index < -0.39 is 0 Å². The molecule has 0 amide bonds. The lowest BCUT2D eigenvalue weighted by Crippen LogP contribution is -2.18. The Morgan fingerprint density at radius 1 is 1.36 bits per heavy atom. The van der Waals surface area contributed by atoms with Gasteiger partial charge in [-0.3, -0.25) is 0 Å². The van der Waals surface area contributed by atoms with Crippen LogP contribution in [0, 0.1) is 0 Å². The number of nitrogens with two attached hydrogens (primary N) is 1. The van der Waals surface area contributed by atoms with E-state index >= 15 is 0 Å². The molecule has 1 aliphatic heterocycles. The molecular weight excluding hydrogens is 178 g/mol. The lowest BCUT2D eigenvalue weighted by atomic mass is 10.00. The Labute approximate surface area is 83.8 Å². The highest BCUT2D eigenvalue weighted by molar-refractivity contribution is 5.48. The van der Waals surface area contributed by atoms with Gasteiger partial charge < -0.3 is 15.2 Å². The molecule has 3 nitrogen and oxygen atoms in total. The molecule has 14 heavy (non-hydrogen) atoms. The summed E-state index contributed by atoms with van der Waals surface area (Å²) in [5, 5.41) is 0. The van der Waals surface area contributed by atoms with E-state index in [0.717, 1.165) is 17.1 Å². The predicted octanol–water partition coefficient (Wildman–Crippen LogP) is 1.52. The molecule has 0 radical (unpaired) electrons. The molecule has 0 aliphatic carbocycles. The van der Waals surface area contributed by atoms with Crippen molar-refractivity contribution >= 4 is 0 Å². The topological polar surface area (TPSA) is 44.5 Å². The third-order valence-electron chi connectivity index (χ3n) is 2.48. The summed E-state index contributed by atoms with van der Waals surface area (Å²) in [7, 11) is 0. The van der Waals surface area contributed by atoms with Crippen molar-refractivity contribution in [1.29, 1.82) is 0 Å². The summed E-state index contributed by atoms with van der Waals surface area (Å²) in [5.41, 5.74) is 6.78. The molecule has 0 fully saturated rings. The van der Waals surface area contributed by atoms with Crippen molar-refractivity contribution in [2.45, 2.75) is 12.8 Å². The van der Waals surface area contributed by atoms with Gasteiger partial charge in [0.15, 0.2) is 11.5 Å². The number of rotatable bonds is 2. The lowest BCUT2D eigenvalue weighted by Gasteiger charge is -2.22. The van der Waals surface area contributed by atoms with Crippen molar-refractivity contribution in [3.8, 4) is 11.5 Å². The van der Waals surface area contributed by atoms with Gasteiger partial charge in [-0.25, -0.2) is 0 Å². The molecule has 2 N–H and O–H groups in total. The van der Waals surface area contributed by atoms with Crippen molar-refractivity contribution < 1.29 is 9.47 Å². The van der Waals surface area contributed by atoms with E-state index in [0.29, 0.717) is 25.7 Å². The molecule has 0 saturated carbocycles. The van der Waals surface area contributed by atoms with Crippen LogP contribution in [0.4, 0.5) is 0 Å². The summed E-state index contributed by atoms with van der Waals surface area (Å²) >= 11 is 0. The number of para-hydroxylation sites is 1. The van der Waals surface area contributed by atoms with Crippen molar-refractivity contribution in [3.05, 3.63) is 23.8 Å². The molecule has 1 aromatic carbocycles. The summed E-state index contributed by atoms with van der Waals surface area (Å²) in [6.45, 7) is 3.97. The highest BCUT2D eigenvalue weighted by Gasteiger charge is 2.18. The molecule has 0 aromatic heterocycles. The highest BCUT2D eigenvalue weighted by Crippen LogP contribution is 2.37. The van der Waals surface area contributed by atoms with Crippen molar-refractivity contribution in [1.82, 2.24) is 0 Å². The van der Waals surface area contributed by atoms with Gasteiger partial charge in [0, 0.05) is 5.56 Å². The van der Waals surface area contributed by atoms with Crippen molar-refractivity contribution in [2.24, 2.45) is 5.73 Å². The van der Waals surface area contributed by atoms with Gasteiger partial charge in [-0.15, -0.1) is 0 Å². The molecule has 1 heterocycles. The van der Waals surface area contributed by atoms with Crippen LogP contribution in [-0.2, 0) is 0 Å². The third-order valence-corrected chi connectivity index (χ3v) is 2.48. The summed E-state index contributed by atoms with van der Waals surface area (Å²) in [5.74, 6) is 2.03. The minimum absolute atomic E-state index is 0.312. The van der Waals surface area contributed by atoms with Gasteiger partial charge in [0.25, 0.3) is 0 Å². The summed E-state index contributed by atoms with van der Waals surface area (Å²) in [6.07, 6.45) is 0. The summed E-state index contributed by atoms with van der Waals surface area (Å²) in [4.78, 5) is 0. The standard InChI is InChI=1S/C11H15NO2/c1-8(7-12)9-3-2-4-10-11(9)14-6-5-13-10/h2-4,8H,5-7,12H2,1H3/t8-/m0/s1. The van der Waals surface area contributed by atoms with Gasteiger partial charge in [0.1, 0.15) is 13.2 Å². The smallest absolute Gasteiger partial charge is 0.164 e. The average Bonchev–Trinajstić information content (AvgIpc) is 2.27. The first kappa shape index (κ1) is 9.34. The van der Waals surface area contributed by atoms with Crippen LogP contribution < -0.4 is 15.2 Å². The Bertz CT molecular complexity index is 325. The molecular formula is C11H15NO2. The summed E-state index contributed by atoms with van der Waals surface area (Å²) < 4.78 is 11.1. The summed E-state index contributed by atoms with van der Waals surface area (Å²) in [6, 6.07) is 5.96. The maximum absolute atomic E-state index is 5.64. The molecule has 0 bridgehead atoms. The maximum Gasteiger partial charge on any atom is 0.164 e. The molecule has 0 saturated heterocycles. The van der Waals surface area contributed by atoms with Crippen molar-refractivity contribution in [2.75, 3.05) is 19.8 Å². The van der Waals surface area contributed by atoms with Crippen LogP contribution in [0.25, 0.3) is 0 Å². The van der Waals surface area contributed by atoms with Gasteiger partial charge in [0.2, 0.25) is 0 Å². The molecule has 76 valence electrons. The maximum atomic E-state index is 5.64. The molecule has 0 spiro atoms. The van der Waals surface area contributed by atoms with Crippen LogP contribution in [0.2, 0.25) is 0 Å². The van der Waals surface area contributed by atoms with Crippen LogP contribution >= 0.6 is 0 Å². The van der Waals surface area contributed by atoms with Crippen LogP contribution in [0.3, 0.4) is 0 Å². The van der Waals surface area contributed by atoms with E-state index in [1.807, 2.05) is 18.2 Å². The van der Waals surface area contributed by atoms with Gasteiger partial charge in [-0.05, 0) is 18.5 Å². The molecule has 1 aliphatic rings. The molecule has 2 rings (SSSR count). The SMILES string of the molecule is C[C@@H](CN)c1cccc2c1OCCO2.